The van der Waals surface area contributed by atoms with Gasteiger partial charge in [0.15, 0.2) is 0 Å². The summed E-state index contributed by atoms with van der Waals surface area (Å²) < 4.78 is 5.90. The maximum Gasteiger partial charge on any atom is 0.137 e. The van der Waals surface area contributed by atoms with Gasteiger partial charge >= 0.3 is 0 Å². The highest BCUT2D eigenvalue weighted by Gasteiger charge is 2.18. The van der Waals surface area contributed by atoms with Gasteiger partial charge in [0, 0.05) is 16.3 Å². The minimum absolute atomic E-state index is 0.914. The van der Waals surface area contributed by atoms with Crippen LogP contribution in [0.2, 0.25) is 0 Å². The van der Waals surface area contributed by atoms with E-state index in [4.69, 9.17) is 9.40 Å². The van der Waals surface area contributed by atoms with Crippen molar-refractivity contribution in [1.29, 1.82) is 0 Å². The SMILES string of the molecule is c1ccc(-c2nc3ccccc3c3c4ccc(o4)c23)cc1. The molecule has 3 aromatic heterocycles. The molecule has 0 atom stereocenters. The molecule has 98 valence electrons. The molecule has 0 radical (unpaired) electrons. The minimum atomic E-state index is 0.914. The average Bonchev–Trinajstić information content (AvgIpc) is 3.17. The molecule has 0 amide bonds. The summed E-state index contributed by atoms with van der Waals surface area (Å²) in [6.45, 7) is 0. The van der Waals surface area contributed by atoms with Crippen molar-refractivity contribution in [2.75, 3.05) is 0 Å². The fourth-order valence-electron chi connectivity index (χ4n) is 3.12. The van der Waals surface area contributed by atoms with Gasteiger partial charge < -0.3 is 4.42 Å². The number of fused-ring (bicyclic) bond motifs is 7. The first-order valence-corrected chi connectivity index (χ1v) is 7.00. The fourth-order valence-corrected chi connectivity index (χ4v) is 3.12. The molecule has 0 saturated carbocycles. The van der Waals surface area contributed by atoms with Gasteiger partial charge in [-0.3, -0.25) is 0 Å². The number of pyridine rings is 1. The Kier molecular flexibility index (Phi) is 1.98. The first-order valence-electron chi connectivity index (χ1n) is 7.00. The van der Waals surface area contributed by atoms with E-state index in [0.29, 0.717) is 0 Å². The van der Waals surface area contributed by atoms with Crippen LogP contribution in [0.4, 0.5) is 0 Å². The molecule has 5 rings (SSSR count). The van der Waals surface area contributed by atoms with Gasteiger partial charge in [-0.1, -0.05) is 48.5 Å². The number of furan rings is 2. The molecule has 0 saturated heterocycles. The van der Waals surface area contributed by atoms with Crippen molar-refractivity contribution in [2.45, 2.75) is 0 Å². The lowest BCUT2D eigenvalue weighted by atomic mass is 10.0. The van der Waals surface area contributed by atoms with E-state index in [1.807, 2.05) is 42.5 Å². The van der Waals surface area contributed by atoms with Crippen LogP contribution in [0.3, 0.4) is 0 Å². The predicted octanol–water partition coefficient (Wildman–Crippen LogP) is 5.24. The van der Waals surface area contributed by atoms with Crippen molar-refractivity contribution in [3.8, 4) is 11.3 Å². The van der Waals surface area contributed by atoms with Crippen molar-refractivity contribution < 1.29 is 4.42 Å². The van der Waals surface area contributed by atoms with Gasteiger partial charge in [-0.25, -0.2) is 4.98 Å². The summed E-state index contributed by atoms with van der Waals surface area (Å²) in [5.41, 5.74) is 4.98. The van der Waals surface area contributed by atoms with Crippen LogP contribution in [-0.2, 0) is 0 Å². The lowest BCUT2D eigenvalue weighted by molar-refractivity contribution is 0.679. The van der Waals surface area contributed by atoms with E-state index in [1.54, 1.807) is 0 Å². The minimum Gasteiger partial charge on any atom is -0.456 e. The zero-order valence-corrected chi connectivity index (χ0v) is 11.2. The Morgan fingerprint density at radius 1 is 0.667 bits per heavy atom. The molecule has 5 aromatic rings. The highest BCUT2D eigenvalue weighted by Crippen LogP contribution is 2.40. The van der Waals surface area contributed by atoms with E-state index < -0.39 is 0 Å². The largest absolute Gasteiger partial charge is 0.456 e. The molecule has 0 fully saturated rings. The summed E-state index contributed by atoms with van der Waals surface area (Å²) in [5.74, 6) is 0. The number of para-hydroxylation sites is 1. The van der Waals surface area contributed by atoms with Gasteiger partial charge in [0.2, 0.25) is 0 Å². The molecule has 2 nitrogen and oxygen atoms in total. The Hall–Kier alpha value is -2.87. The Bertz CT molecular complexity index is 1080. The summed E-state index contributed by atoms with van der Waals surface area (Å²) in [5, 5.41) is 3.45. The van der Waals surface area contributed by atoms with E-state index in [0.717, 1.165) is 38.7 Å². The molecule has 2 heteroatoms. The lowest BCUT2D eigenvalue weighted by Crippen LogP contribution is -1.88. The van der Waals surface area contributed by atoms with E-state index in [2.05, 4.69) is 24.3 Å². The molecule has 2 aromatic carbocycles. The molecule has 0 N–H and O–H groups in total. The summed E-state index contributed by atoms with van der Waals surface area (Å²) in [6.07, 6.45) is 0. The third-order valence-electron chi connectivity index (χ3n) is 4.04. The highest BCUT2D eigenvalue weighted by molar-refractivity contribution is 6.23. The van der Waals surface area contributed by atoms with Crippen LogP contribution in [0.25, 0.3) is 44.1 Å². The second-order valence-corrected chi connectivity index (χ2v) is 5.26. The van der Waals surface area contributed by atoms with Crippen molar-refractivity contribution in [1.82, 2.24) is 4.98 Å². The van der Waals surface area contributed by atoms with Gasteiger partial charge in [-0.05, 0) is 18.2 Å². The van der Waals surface area contributed by atoms with Crippen LogP contribution < -0.4 is 0 Å². The van der Waals surface area contributed by atoms with Crippen molar-refractivity contribution >= 4 is 32.8 Å². The summed E-state index contributed by atoms with van der Waals surface area (Å²) in [4.78, 5) is 4.89. The summed E-state index contributed by atoms with van der Waals surface area (Å²) in [6, 6.07) is 22.6. The maximum absolute atomic E-state index is 5.90. The lowest BCUT2D eigenvalue weighted by Gasteiger charge is -2.07. The second kappa shape index (κ2) is 3.83. The first-order chi connectivity index (χ1) is 10.4. The van der Waals surface area contributed by atoms with Crippen LogP contribution in [0.15, 0.2) is 71.1 Å². The molecule has 2 bridgehead atoms. The number of hydrogen-bond donors (Lipinski definition) is 0. The second-order valence-electron chi connectivity index (χ2n) is 5.26. The van der Waals surface area contributed by atoms with E-state index in [9.17, 15) is 0 Å². The molecular weight excluding hydrogens is 258 g/mol. The van der Waals surface area contributed by atoms with Crippen molar-refractivity contribution in [3.05, 3.63) is 66.7 Å². The number of hydrogen-bond acceptors (Lipinski definition) is 2. The van der Waals surface area contributed by atoms with Gasteiger partial charge in [-0.15, -0.1) is 0 Å². The van der Waals surface area contributed by atoms with Crippen molar-refractivity contribution in [3.63, 3.8) is 0 Å². The Labute approximate surface area is 121 Å². The van der Waals surface area contributed by atoms with Crippen LogP contribution in [-0.4, -0.2) is 4.98 Å². The smallest absolute Gasteiger partial charge is 0.137 e. The third kappa shape index (κ3) is 1.39. The van der Waals surface area contributed by atoms with Gasteiger partial charge in [0.1, 0.15) is 11.2 Å². The maximum atomic E-state index is 5.90. The zero-order chi connectivity index (χ0) is 13.8. The normalized spacial score (nSPS) is 11.8. The van der Waals surface area contributed by atoms with Crippen LogP contribution >= 0.6 is 0 Å². The molecule has 0 spiro atoms. The zero-order valence-electron chi connectivity index (χ0n) is 11.2. The molecule has 21 heavy (non-hydrogen) atoms. The molecule has 3 heterocycles. The fraction of sp³-hybridized carbons (Fsp3) is 0. The number of nitrogens with zero attached hydrogens (tertiary/aromatic N) is 1. The van der Waals surface area contributed by atoms with Crippen LogP contribution in [0.5, 0.6) is 0 Å². The topological polar surface area (TPSA) is 26.0 Å². The summed E-state index contributed by atoms with van der Waals surface area (Å²) >= 11 is 0. The van der Waals surface area contributed by atoms with Crippen LogP contribution in [0, 0.1) is 0 Å². The summed E-state index contributed by atoms with van der Waals surface area (Å²) in [7, 11) is 0. The van der Waals surface area contributed by atoms with Gasteiger partial charge in [-0.2, -0.15) is 0 Å². The molecular formula is C19H11NO. The van der Waals surface area contributed by atoms with E-state index in [1.165, 1.54) is 5.39 Å². The predicted molar refractivity (Wildman–Crippen MR) is 85.6 cm³/mol. The molecule has 0 aliphatic rings. The van der Waals surface area contributed by atoms with Gasteiger partial charge in [0.05, 0.1) is 16.6 Å². The van der Waals surface area contributed by atoms with Gasteiger partial charge in [0.25, 0.3) is 0 Å². The molecule has 0 aliphatic heterocycles. The standard InChI is InChI=1S/C19H11NO/c1-2-6-12(7-3-1)19-18-16-11-10-15(21-16)17(18)13-8-4-5-9-14(13)20-19/h1-11H. The quantitative estimate of drug-likeness (QED) is 0.389. The Balaban J connectivity index is 2.06. The monoisotopic (exact) mass is 269 g/mol. The Morgan fingerprint density at radius 2 is 1.38 bits per heavy atom. The Morgan fingerprint density at radius 3 is 2.24 bits per heavy atom. The average molecular weight is 269 g/mol. The molecule has 0 unspecified atom stereocenters. The van der Waals surface area contributed by atoms with Crippen LogP contribution in [0.1, 0.15) is 0 Å². The van der Waals surface area contributed by atoms with E-state index in [-0.39, 0.29) is 0 Å². The third-order valence-corrected chi connectivity index (χ3v) is 4.04. The highest BCUT2D eigenvalue weighted by atomic mass is 16.3. The number of benzene rings is 3. The first kappa shape index (κ1) is 10.9. The number of aromatic nitrogens is 1. The number of rotatable bonds is 1. The molecule has 0 aliphatic carbocycles. The van der Waals surface area contributed by atoms with E-state index >= 15 is 0 Å². The van der Waals surface area contributed by atoms with Crippen molar-refractivity contribution in [2.24, 2.45) is 0 Å².